The summed E-state index contributed by atoms with van der Waals surface area (Å²) >= 11 is 0. The van der Waals surface area contributed by atoms with Crippen molar-refractivity contribution >= 4 is 28.7 Å². The lowest BCUT2D eigenvalue weighted by Crippen LogP contribution is -2.29. The minimum absolute atomic E-state index is 0.0560. The lowest BCUT2D eigenvalue weighted by Gasteiger charge is -2.23. The number of aromatic hydroxyl groups is 1. The second-order valence-corrected chi connectivity index (χ2v) is 7.70. The average molecular weight is 409 g/mol. The van der Waals surface area contributed by atoms with E-state index >= 15 is 0 Å². The van der Waals surface area contributed by atoms with Crippen LogP contribution in [0.2, 0.25) is 0 Å². The molecule has 0 aliphatic carbocycles. The fraction of sp³-hybridized carbons (Fsp3) is 0.333. The lowest BCUT2D eigenvalue weighted by atomic mass is 9.82. The molecule has 9 heteroatoms. The van der Waals surface area contributed by atoms with Gasteiger partial charge in [0.15, 0.2) is 6.04 Å². The molecule has 2 aromatic rings. The SMILES string of the molecule is CCC(C)(C)c1cc(N=NC2C(=O)N(c3ccccc3)N=C2C)c(O)c([N+](=O)[O-])c1. The highest BCUT2D eigenvalue weighted by atomic mass is 16.6. The average Bonchev–Trinajstić information content (AvgIpc) is 3.01. The van der Waals surface area contributed by atoms with Gasteiger partial charge in [-0.15, -0.1) is 0 Å². The molecule has 1 atom stereocenters. The number of hydrogen-bond acceptors (Lipinski definition) is 7. The standard InChI is InChI=1S/C21H23N5O4/c1-5-21(3,4)14-11-16(19(27)17(12-14)26(29)30)22-23-18-13(2)24-25(20(18)28)15-9-7-6-8-10-15/h6-12,18,27H,5H2,1-4H3. The molecule has 1 N–H and O–H groups in total. The second-order valence-electron chi connectivity index (χ2n) is 7.70. The Morgan fingerprint density at radius 1 is 1.27 bits per heavy atom. The van der Waals surface area contributed by atoms with Gasteiger partial charge in [-0.3, -0.25) is 14.9 Å². The maximum Gasteiger partial charge on any atom is 0.313 e. The number of phenols is 1. The van der Waals surface area contributed by atoms with Gasteiger partial charge >= 0.3 is 5.69 Å². The molecule has 1 heterocycles. The molecule has 30 heavy (non-hydrogen) atoms. The van der Waals surface area contributed by atoms with Crippen LogP contribution in [0, 0.1) is 10.1 Å². The van der Waals surface area contributed by atoms with E-state index < -0.39 is 22.4 Å². The predicted octanol–water partition coefficient (Wildman–Crippen LogP) is 4.86. The van der Waals surface area contributed by atoms with Gasteiger partial charge in [0, 0.05) is 6.07 Å². The van der Waals surface area contributed by atoms with Gasteiger partial charge in [0.05, 0.1) is 16.3 Å². The Kier molecular flexibility index (Phi) is 5.64. The maximum absolute atomic E-state index is 12.8. The summed E-state index contributed by atoms with van der Waals surface area (Å²) in [6.07, 6.45) is 0.727. The predicted molar refractivity (Wildman–Crippen MR) is 113 cm³/mol. The summed E-state index contributed by atoms with van der Waals surface area (Å²) in [5.41, 5.74) is 0.818. The monoisotopic (exact) mass is 409 g/mol. The van der Waals surface area contributed by atoms with Crippen molar-refractivity contribution < 1.29 is 14.8 Å². The Balaban J connectivity index is 1.97. The van der Waals surface area contributed by atoms with E-state index in [0.717, 1.165) is 6.42 Å². The number of hydrogen-bond donors (Lipinski definition) is 1. The molecule has 0 radical (unpaired) electrons. The van der Waals surface area contributed by atoms with Gasteiger partial charge in [-0.25, -0.2) is 0 Å². The van der Waals surface area contributed by atoms with Crippen molar-refractivity contribution in [3.05, 3.63) is 58.1 Å². The van der Waals surface area contributed by atoms with E-state index in [1.54, 1.807) is 37.3 Å². The van der Waals surface area contributed by atoms with Crippen LogP contribution >= 0.6 is 0 Å². The van der Waals surface area contributed by atoms with Gasteiger partial charge < -0.3 is 5.11 Å². The Hall–Kier alpha value is -3.62. The number of rotatable bonds is 6. The Bertz CT molecular complexity index is 1050. The number of para-hydroxylation sites is 1. The van der Waals surface area contributed by atoms with Gasteiger partial charge in [0.2, 0.25) is 5.75 Å². The Labute approximate surface area is 173 Å². The normalized spacial score (nSPS) is 16.9. The summed E-state index contributed by atoms with van der Waals surface area (Å²) in [6, 6.07) is 10.9. The van der Waals surface area contributed by atoms with Crippen LogP contribution in [0.15, 0.2) is 57.8 Å². The minimum atomic E-state index is -0.966. The van der Waals surface area contributed by atoms with Crippen molar-refractivity contribution in [3.63, 3.8) is 0 Å². The van der Waals surface area contributed by atoms with Crippen LogP contribution < -0.4 is 5.01 Å². The summed E-state index contributed by atoms with van der Waals surface area (Å²) in [5.74, 6) is -0.971. The number of carbonyl (C=O) groups is 1. The van der Waals surface area contributed by atoms with Crippen molar-refractivity contribution in [2.75, 3.05) is 5.01 Å². The summed E-state index contributed by atoms with van der Waals surface area (Å²) in [5, 5.41) is 35.3. The minimum Gasteiger partial charge on any atom is -0.501 e. The smallest absolute Gasteiger partial charge is 0.313 e. The van der Waals surface area contributed by atoms with Crippen LogP contribution in [0.4, 0.5) is 17.1 Å². The van der Waals surface area contributed by atoms with Crippen molar-refractivity contribution in [1.82, 2.24) is 0 Å². The highest BCUT2D eigenvalue weighted by molar-refractivity contribution is 6.18. The third-order valence-corrected chi connectivity index (χ3v) is 5.31. The molecular formula is C21H23N5O4. The molecule has 0 saturated carbocycles. The first-order chi connectivity index (χ1) is 14.2. The number of nitrogens with zero attached hydrogens (tertiary/aromatic N) is 5. The van der Waals surface area contributed by atoms with Gasteiger partial charge in [-0.1, -0.05) is 39.0 Å². The third kappa shape index (κ3) is 3.91. The van der Waals surface area contributed by atoms with Gasteiger partial charge in [-0.05, 0) is 42.5 Å². The molecular weight excluding hydrogens is 386 g/mol. The molecule has 1 aliphatic heterocycles. The molecule has 0 saturated heterocycles. The molecule has 1 unspecified atom stereocenters. The molecule has 2 aromatic carbocycles. The molecule has 0 fully saturated rings. The van der Waals surface area contributed by atoms with E-state index in [1.165, 1.54) is 11.1 Å². The van der Waals surface area contributed by atoms with Crippen molar-refractivity contribution in [1.29, 1.82) is 0 Å². The second kappa shape index (κ2) is 8.02. The molecule has 0 aromatic heterocycles. The van der Waals surface area contributed by atoms with E-state index in [2.05, 4.69) is 15.3 Å². The van der Waals surface area contributed by atoms with E-state index in [0.29, 0.717) is 17.0 Å². The summed E-state index contributed by atoms with van der Waals surface area (Å²) < 4.78 is 0. The number of hydrazone groups is 1. The fourth-order valence-electron chi connectivity index (χ4n) is 2.98. The zero-order valence-electron chi connectivity index (χ0n) is 17.2. The first-order valence-electron chi connectivity index (χ1n) is 9.52. The van der Waals surface area contributed by atoms with E-state index in [4.69, 9.17) is 0 Å². The van der Waals surface area contributed by atoms with E-state index in [9.17, 15) is 20.0 Å². The molecule has 0 spiro atoms. The number of anilines is 1. The van der Waals surface area contributed by atoms with Crippen LogP contribution in [0.5, 0.6) is 5.75 Å². The quantitative estimate of drug-likeness (QED) is 0.416. The number of amides is 1. The van der Waals surface area contributed by atoms with Gasteiger partial charge in [0.25, 0.3) is 5.91 Å². The van der Waals surface area contributed by atoms with Crippen LogP contribution in [-0.2, 0) is 10.2 Å². The number of benzene rings is 2. The van der Waals surface area contributed by atoms with Crippen LogP contribution in [0.3, 0.4) is 0 Å². The highest BCUT2D eigenvalue weighted by Gasteiger charge is 2.35. The molecule has 1 amide bonds. The number of phenolic OH excluding ortho intramolecular Hbond substituents is 1. The molecule has 156 valence electrons. The van der Waals surface area contributed by atoms with Crippen molar-refractivity contribution in [2.45, 2.75) is 45.6 Å². The molecule has 3 rings (SSSR count). The molecule has 9 nitrogen and oxygen atoms in total. The summed E-state index contributed by atoms with van der Waals surface area (Å²) in [6.45, 7) is 7.51. The van der Waals surface area contributed by atoms with Crippen LogP contribution in [0.1, 0.15) is 39.7 Å². The number of carbonyl (C=O) groups excluding carboxylic acids is 1. The largest absolute Gasteiger partial charge is 0.501 e. The number of nitro benzene ring substituents is 1. The zero-order valence-corrected chi connectivity index (χ0v) is 17.2. The zero-order chi connectivity index (χ0) is 22.1. The Morgan fingerprint density at radius 2 is 1.93 bits per heavy atom. The topological polar surface area (TPSA) is 121 Å². The summed E-state index contributed by atoms with van der Waals surface area (Å²) in [4.78, 5) is 23.5. The molecule has 1 aliphatic rings. The third-order valence-electron chi connectivity index (χ3n) is 5.31. The van der Waals surface area contributed by atoms with E-state index in [1.807, 2.05) is 26.8 Å². The van der Waals surface area contributed by atoms with Crippen molar-refractivity contribution in [2.24, 2.45) is 15.3 Å². The fourth-order valence-corrected chi connectivity index (χ4v) is 2.98. The van der Waals surface area contributed by atoms with Crippen LogP contribution in [0.25, 0.3) is 0 Å². The summed E-state index contributed by atoms with van der Waals surface area (Å²) in [7, 11) is 0. The van der Waals surface area contributed by atoms with Crippen molar-refractivity contribution in [3.8, 4) is 5.75 Å². The maximum atomic E-state index is 12.8. The lowest BCUT2D eigenvalue weighted by molar-refractivity contribution is -0.385. The van der Waals surface area contributed by atoms with E-state index in [-0.39, 0.29) is 17.0 Å². The van der Waals surface area contributed by atoms with Gasteiger partial charge in [-0.2, -0.15) is 20.3 Å². The first kappa shape index (κ1) is 21.1. The first-order valence-corrected chi connectivity index (χ1v) is 9.52. The van der Waals surface area contributed by atoms with Gasteiger partial charge in [0.1, 0.15) is 5.69 Å². The number of azo groups is 1. The Morgan fingerprint density at radius 3 is 2.53 bits per heavy atom. The highest BCUT2D eigenvalue weighted by Crippen LogP contribution is 2.41. The number of nitro groups is 1. The van der Waals surface area contributed by atoms with Crippen LogP contribution in [-0.4, -0.2) is 27.7 Å². The molecule has 0 bridgehead atoms.